The number of rotatable bonds is 9. The first kappa shape index (κ1) is 15.7. The van der Waals surface area contributed by atoms with Crippen LogP contribution in [0.4, 0.5) is 4.39 Å². The molecule has 0 saturated carbocycles. The van der Waals surface area contributed by atoms with Gasteiger partial charge in [-0.3, -0.25) is 0 Å². The van der Waals surface area contributed by atoms with E-state index >= 15 is 0 Å². The number of hydrogen-bond donors (Lipinski definition) is 1. The maximum atomic E-state index is 14.1. The van der Waals surface area contributed by atoms with E-state index in [4.69, 9.17) is 4.74 Å². The van der Waals surface area contributed by atoms with Gasteiger partial charge >= 0.3 is 0 Å². The van der Waals surface area contributed by atoms with Crippen LogP contribution in [-0.2, 0) is 0 Å². The molecule has 1 unspecified atom stereocenters. The van der Waals surface area contributed by atoms with Crippen molar-refractivity contribution in [3.8, 4) is 5.75 Å². The van der Waals surface area contributed by atoms with Crippen LogP contribution in [0.5, 0.6) is 5.75 Å². The van der Waals surface area contributed by atoms with Gasteiger partial charge in [0.2, 0.25) is 0 Å². The highest BCUT2D eigenvalue weighted by Crippen LogP contribution is 2.25. The molecule has 0 amide bonds. The molecule has 1 aromatic carbocycles. The first-order chi connectivity index (χ1) is 9.22. The van der Waals surface area contributed by atoms with E-state index in [1.54, 1.807) is 7.11 Å². The Morgan fingerprint density at radius 2 is 2.26 bits per heavy atom. The van der Waals surface area contributed by atoms with E-state index in [2.05, 4.69) is 18.8 Å². The fourth-order valence-electron chi connectivity index (χ4n) is 2.07. The van der Waals surface area contributed by atoms with E-state index in [-0.39, 0.29) is 11.9 Å². The molecular formula is C16H24FNO. The SMILES string of the molecule is C=CCCCC(NCCC)c1ccc(OC)cc1F. The second-order valence-corrected chi connectivity index (χ2v) is 4.61. The number of hydrogen-bond acceptors (Lipinski definition) is 2. The van der Waals surface area contributed by atoms with E-state index in [1.165, 1.54) is 6.07 Å². The second kappa shape index (κ2) is 8.70. The Balaban J connectivity index is 2.79. The first-order valence-electron chi connectivity index (χ1n) is 6.90. The molecule has 1 atom stereocenters. The van der Waals surface area contributed by atoms with Crippen molar-refractivity contribution in [1.29, 1.82) is 0 Å². The minimum atomic E-state index is -0.202. The van der Waals surface area contributed by atoms with Gasteiger partial charge in [-0.15, -0.1) is 6.58 Å². The third kappa shape index (κ3) is 5.03. The summed E-state index contributed by atoms with van der Waals surface area (Å²) in [6.07, 6.45) is 5.82. The number of allylic oxidation sites excluding steroid dienone is 1. The molecular weight excluding hydrogens is 241 g/mol. The molecule has 1 aromatic rings. The highest BCUT2D eigenvalue weighted by Gasteiger charge is 2.15. The monoisotopic (exact) mass is 265 g/mol. The summed E-state index contributed by atoms with van der Waals surface area (Å²) in [5.41, 5.74) is 0.721. The summed E-state index contributed by atoms with van der Waals surface area (Å²) < 4.78 is 19.1. The Labute approximate surface area is 115 Å². The van der Waals surface area contributed by atoms with Crippen molar-refractivity contribution in [3.63, 3.8) is 0 Å². The van der Waals surface area contributed by atoms with Crippen molar-refractivity contribution in [2.24, 2.45) is 0 Å². The van der Waals surface area contributed by atoms with E-state index in [0.29, 0.717) is 5.75 Å². The van der Waals surface area contributed by atoms with Crippen LogP contribution >= 0.6 is 0 Å². The smallest absolute Gasteiger partial charge is 0.131 e. The molecule has 0 aliphatic carbocycles. The van der Waals surface area contributed by atoms with Gasteiger partial charge in [0.25, 0.3) is 0 Å². The number of nitrogens with one attached hydrogen (secondary N) is 1. The van der Waals surface area contributed by atoms with Crippen LogP contribution in [0.1, 0.15) is 44.2 Å². The van der Waals surface area contributed by atoms with Crippen molar-refractivity contribution in [1.82, 2.24) is 5.32 Å². The number of benzene rings is 1. The van der Waals surface area contributed by atoms with Crippen LogP contribution in [0.2, 0.25) is 0 Å². The van der Waals surface area contributed by atoms with Gasteiger partial charge in [-0.25, -0.2) is 4.39 Å². The fourth-order valence-corrected chi connectivity index (χ4v) is 2.07. The molecule has 19 heavy (non-hydrogen) atoms. The molecule has 0 heterocycles. The third-order valence-electron chi connectivity index (χ3n) is 3.12. The zero-order chi connectivity index (χ0) is 14.1. The van der Waals surface area contributed by atoms with Gasteiger partial charge < -0.3 is 10.1 Å². The van der Waals surface area contributed by atoms with Gasteiger partial charge in [0, 0.05) is 17.7 Å². The van der Waals surface area contributed by atoms with Gasteiger partial charge in [-0.05, 0) is 38.3 Å². The maximum Gasteiger partial charge on any atom is 0.131 e. The Morgan fingerprint density at radius 1 is 1.47 bits per heavy atom. The van der Waals surface area contributed by atoms with Crippen molar-refractivity contribution < 1.29 is 9.13 Å². The Kier molecular flexibility index (Phi) is 7.19. The number of ether oxygens (including phenoxy) is 1. The molecule has 3 heteroatoms. The number of halogens is 1. The zero-order valence-electron chi connectivity index (χ0n) is 11.9. The average Bonchev–Trinajstić information content (AvgIpc) is 2.43. The predicted molar refractivity (Wildman–Crippen MR) is 78.0 cm³/mol. The summed E-state index contributed by atoms with van der Waals surface area (Å²) in [6.45, 7) is 6.72. The minimum absolute atomic E-state index is 0.0609. The van der Waals surface area contributed by atoms with Crippen LogP contribution in [-0.4, -0.2) is 13.7 Å². The van der Waals surface area contributed by atoms with Crippen molar-refractivity contribution in [3.05, 3.63) is 42.2 Å². The van der Waals surface area contributed by atoms with Gasteiger partial charge in [-0.2, -0.15) is 0 Å². The number of unbranched alkanes of at least 4 members (excludes halogenated alkanes) is 1. The predicted octanol–water partition coefficient (Wildman–Crippen LogP) is 4.23. The quantitative estimate of drug-likeness (QED) is 0.533. The third-order valence-corrected chi connectivity index (χ3v) is 3.12. The highest BCUT2D eigenvalue weighted by molar-refractivity contribution is 5.30. The van der Waals surface area contributed by atoms with Gasteiger partial charge in [0.15, 0.2) is 0 Å². The van der Waals surface area contributed by atoms with E-state index in [0.717, 1.165) is 37.8 Å². The lowest BCUT2D eigenvalue weighted by Gasteiger charge is -2.19. The van der Waals surface area contributed by atoms with Gasteiger partial charge in [0.05, 0.1) is 7.11 Å². The lowest BCUT2D eigenvalue weighted by Crippen LogP contribution is -2.23. The molecule has 2 nitrogen and oxygen atoms in total. The maximum absolute atomic E-state index is 14.1. The van der Waals surface area contributed by atoms with Crippen LogP contribution in [0.3, 0.4) is 0 Å². The average molecular weight is 265 g/mol. The molecule has 0 spiro atoms. The molecule has 0 radical (unpaired) electrons. The van der Waals surface area contributed by atoms with E-state index in [9.17, 15) is 4.39 Å². The van der Waals surface area contributed by atoms with Crippen molar-refractivity contribution >= 4 is 0 Å². The molecule has 106 valence electrons. The fraction of sp³-hybridized carbons (Fsp3) is 0.500. The second-order valence-electron chi connectivity index (χ2n) is 4.61. The largest absolute Gasteiger partial charge is 0.497 e. The lowest BCUT2D eigenvalue weighted by atomic mass is 10.00. The molecule has 0 aliphatic rings. The van der Waals surface area contributed by atoms with Crippen LogP contribution in [0, 0.1) is 5.82 Å². The van der Waals surface area contributed by atoms with Gasteiger partial charge in [0.1, 0.15) is 11.6 Å². The molecule has 0 aromatic heterocycles. The topological polar surface area (TPSA) is 21.3 Å². The zero-order valence-corrected chi connectivity index (χ0v) is 11.9. The summed E-state index contributed by atoms with van der Waals surface area (Å²) in [4.78, 5) is 0. The Bertz CT molecular complexity index is 392. The summed E-state index contributed by atoms with van der Waals surface area (Å²) in [7, 11) is 1.55. The summed E-state index contributed by atoms with van der Waals surface area (Å²) in [6, 6.07) is 5.14. The van der Waals surface area contributed by atoms with E-state index < -0.39 is 0 Å². The molecule has 0 saturated heterocycles. The van der Waals surface area contributed by atoms with Crippen LogP contribution in [0.15, 0.2) is 30.9 Å². The minimum Gasteiger partial charge on any atom is -0.497 e. The molecule has 0 aliphatic heterocycles. The van der Waals surface area contributed by atoms with Crippen molar-refractivity contribution in [2.45, 2.75) is 38.6 Å². The van der Waals surface area contributed by atoms with Crippen LogP contribution in [0.25, 0.3) is 0 Å². The molecule has 0 bridgehead atoms. The highest BCUT2D eigenvalue weighted by atomic mass is 19.1. The molecule has 1 N–H and O–H groups in total. The first-order valence-corrected chi connectivity index (χ1v) is 6.90. The number of methoxy groups -OCH3 is 1. The summed E-state index contributed by atoms with van der Waals surface area (Å²) in [5, 5.41) is 3.41. The standard InChI is InChI=1S/C16H24FNO/c1-4-6-7-8-16(18-11-5-2)14-10-9-13(19-3)12-15(14)17/h4,9-10,12,16,18H,1,5-8,11H2,2-3H3. The molecule has 1 rings (SSSR count). The summed E-state index contributed by atoms with van der Waals surface area (Å²) in [5.74, 6) is 0.355. The van der Waals surface area contributed by atoms with Gasteiger partial charge in [-0.1, -0.05) is 19.1 Å². The lowest BCUT2D eigenvalue weighted by molar-refractivity contribution is 0.407. The summed E-state index contributed by atoms with van der Waals surface area (Å²) >= 11 is 0. The van der Waals surface area contributed by atoms with E-state index in [1.807, 2.05) is 18.2 Å². The van der Waals surface area contributed by atoms with Crippen LogP contribution < -0.4 is 10.1 Å². The Morgan fingerprint density at radius 3 is 2.84 bits per heavy atom. The normalized spacial score (nSPS) is 12.2. The Hall–Kier alpha value is -1.35. The van der Waals surface area contributed by atoms with Crippen molar-refractivity contribution in [2.75, 3.05) is 13.7 Å². The molecule has 0 fully saturated rings.